The van der Waals surface area contributed by atoms with E-state index in [1.54, 1.807) is 21.6 Å². The van der Waals surface area contributed by atoms with E-state index in [0.717, 1.165) is 181 Å². The van der Waals surface area contributed by atoms with E-state index < -0.39 is 9.84 Å². The van der Waals surface area contributed by atoms with Gasteiger partial charge in [-0.3, -0.25) is 48.3 Å². The van der Waals surface area contributed by atoms with E-state index in [-0.39, 0.29) is 94.1 Å². The van der Waals surface area contributed by atoms with Crippen LogP contribution in [0.25, 0.3) is 0 Å². The predicted octanol–water partition coefficient (Wildman–Crippen LogP) is 15.6. The van der Waals surface area contributed by atoms with E-state index in [0.29, 0.717) is 130 Å². The first kappa shape index (κ1) is 125. The summed E-state index contributed by atoms with van der Waals surface area (Å²) >= 11 is 0. The van der Waals surface area contributed by atoms with Gasteiger partial charge in [0.2, 0.25) is 47.3 Å². The third-order valence-electron chi connectivity index (χ3n) is 29.4. The molecule has 6 atom stereocenters. The fourth-order valence-corrected chi connectivity index (χ4v) is 21.1. The first-order chi connectivity index (χ1) is 68.1. The van der Waals surface area contributed by atoms with Crippen molar-refractivity contribution in [1.82, 2.24) is 63.9 Å². The number of ether oxygens (including phenoxy) is 6. The highest BCUT2D eigenvalue weighted by Gasteiger charge is 2.48. The molecule has 1 aliphatic carbocycles. The number of morpholine rings is 4. The molecule has 144 heavy (non-hydrogen) atoms. The fourth-order valence-electron chi connectivity index (χ4n) is 19.9. The first-order valence-corrected chi connectivity index (χ1v) is 56.7. The van der Waals surface area contributed by atoms with E-state index >= 15 is 0 Å². The van der Waals surface area contributed by atoms with E-state index in [4.69, 9.17) is 28.5 Å². The van der Waals surface area contributed by atoms with E-state index in [9.17, 15) is 51.6 Å². The van der Waals surface area contributed by atoms with Crippen molar-refractivity contribution in [2.75, 3.05) is 196 Å². The van der Waals surface area contributed by atoms with Gasteiger partial charge in [0.25, 0.3) is 0 Å². The summed E-state index contributed by atoms with van der Waals surface area (Å²) in [4.78, 5) is 134. The summed E-state index contributed by atoms with van der Waals surface area (Å²) in [5.74, 6) is 4.74. The largest absolute Gasteiger partial charge is 0.453 e. The molecule has 9 amide bonds. The molecule has 14 fully saturated rings. The number of amides is 9. The topological polar surface area (TPSA) is 294 Å². The lowest BCUT2D eigenvalue weighted by atomic mass is 9.75. The van der Waals surface area contributed by atoms with E-state index in [2.05, 4.69) is 123 Å². The Labute approximate surface area is 869 Å². The van der Waals surface area contributed by atoms with Crippen molar-refractivity contribution >= 4 is 63.2 Å². The zero-order chi connectivity index (χ0) is 107. The maximum atomic E-state index is 12.0. The van der Waals surface area contributed by atoms with Crippen molar-refractivity contribution < 1.29 is 84.8 Å². The number of rotatable bonds is 15. The lowest BCUT2D eigenvalue weighted by Gasteiger charge is -2.53. The summed E-state index contributed by atoms with van der Waals surface area (Å²) in [6.07, 6.45) is 19.5. The van der Waals surface area contributed by atoms with Crippen LogP contribution in [-0.4, -0.2) is 363 Å². The molecule has 0 radical (unpaired) electrons. The second-order valence-corrected chi connectivity index (χ2v) is 46.8. The summed E-state index contributed by atoms with van der Waals surface area (Å²) in [7, 11) is -1.45. The second kappa shape index (κ2) is 62.6. The maximum Gasteiger partial charge on any atom is 0.409 e. The molecule has 1 spiro atoms. The highest BCUT2D eigenvalue weighted by Crippen LogP contribution is 2.41. The quantitative estimate of drug-likeness (QED) is 0.158. The smallest absolute Gasteiger partial charge is 0.409 e. The molecule has 14 aliphatic heterocycles. The molecule has 16 rings (SSSR count). The van der Waals surface area contributed by atoms with Crippen LogP contribution in [0.1, 0.15) is 273 Å². The first-order valence-electron chi connectivity index (χ1n) is 54.9. The van der Waals surface area contributed by atoms with Crippen LogP contribution >= 0.6 is 0 Å². The maximum absolute atomic E-state index is 12.0. The third-order valence-corrected chi connectivity index (χ3v) is 31.0. The number of likely N-dealkylation sites (tertiary alicyclic amines) is 2. The van der Waals surface area contributed by atoms with Gasteiger partial charge in [-0.1, -0.05) is 216 Å². The average Bonchev–Trinajstić information content (AvgIpc) is 0.995. The number of sulfone groups is 1. The van der Waals surface area contributed by atoms with Crippen LogP contribution in [0.5, 0.6) is 0 Å². The standard InChI is InChI=1S/C12H21NO.C12H15NO.C11H20N2O2.C11H19NO2.C10H18N2O2.C10H17NO2.C10H17NO.C10H19NO.C9H17NO2.C9H17NO.C8H15NO3S/c1-9(2)10(3)13-11-5-4-6-12(13)8-14-7-11;1-9(2)12(14)13-7-10-5-3-4-6-11(10)8-13;1-9(2)10(3)12-5-7-13(8-6-12)11(14)15-4;1-9(2)10(13)12-6-7-14-8-11(12)4-3-5-11;1-8(2)10(14)12-6-4-11(5-7-12)9(3)13;1-7(2)10(12)11-8-3-4-9(11)6-13-5-8;1-7(2)8(3)11-5-10-4-9(11)6-12-10;1-9(2)10(12)11-7-5-3-4-6-8-11;1-8(2)9(11)10-4-3-6-12-7-5-10;1-8(2)9(3)10-6-4-5-7-11-10;1-7(2)8(10)9-3-5-13(11,12)6-4-9/h9,11-12H,3-8H2,1-2H3;3-6,9H,7-8H2,1-2H3;9H,3,5-8H2,1-2,4H3;9H,3-8H2,1-2H3;8H,4-7H2,1-3H3;7-9H,3-6H2,1-2H3;7,9-10H,3-6H2,1-2H3;9H,3-8H2,1-2H3;8H,3-7H2,1-2H3;8H,3-7H2,1-2H3;7H,3-6H2,1-2H3. The highest BCUT2D eigenvalue weighted by atomic mass is 32.2. The van der Waals surface area contributed by atoms with Gasteiger partial charge in [0, 0.05) is 202 Å². The summed E-state index contributed by atoms with van der Waals surface area (Å²) < 4.78 is 54.1. The number of benzene rings is 1. The SMILES string of the molecule is C=C(C(C)C)N1C2CCCC1COC2.C=C(C(C)C)N1CC2CC1CO2.C=C(C(C)C)N1CCCCO1.C=C(C(C)C)N1CCN(C(=O)OC)CC1.CC(=O)N1CCN(C(=O)C(C)C)CC1.CC(C)C(=O)N1C2CCC1COC2.CC(C)C(=O)N1CCCCCC1.CC(C)C(=O)N1CCCOCC1.CC(C)C(=O)N1CCOCC12CCC2.CC(C)C(=O)N1CCS(=O)(=O)CC1.CC(C)C(=O)N1Cc2ccccc2C1. The average molecular weight is 2040 g/mol. The minimum absolute atomic E-state index is 0.0409. The normalized spacial score (nSPS) is 22.8. The van der Waals surface area contributed by atoms with E-state index in [1.165, 1.54) is 100 Å². The number of allylic oxidation sites excluding steroid dienone is 4. The lowest BCUT2D eigenvalue weighted by Crippen LogP contribution is -2.63. The van der Waals surface area contributed by atoms with Gasteiger partial charge in [-0.25, -0.2) is 13.2 Å². The molecule has 1 aromatic rings. The molecule has 15 aliphatic rings. The van der Waals surface area contributed by atoms with Crippen LogP contribution in [0.15, 0.2) is 73.4 Å². The summed E-state index contributed by atoms with van der Waals surface area (Å²) in [6.45, 7) is 85.1. The minimum atomic E-state index is -2.87. The Morgan fingerprint density at radius 2 is 0.778 bits per heavy atom. The molecule has 1 saturated carbocycles. The number of carbonyl (C=O) groups is 9. The minimum Gasteiger partial charge on any atom is -0.453 e. The molecule has 6 bridgehead atoms. The van der Waals surface area contributed by atoms with Gasteiger partial charge in [-0.05, 0) is 125 Å². The van der Waals surface area contributed by atoms with Crippen LogP contribution in [0.3, 0.4) is 0 Å². The van der Waals surface area contributed by atoms with Crippen molar-refractivity contribution in [2.24, 2.45) is 65.1 Å². The van der Waals surface area contributed by atoms with Gasteiger partial charge in [0.1, 0.15) is 0 Å². The second-order valence-electron chi connectivity index (χ2n) is 44.5. The molecule has 0 aromatic heterocycles. The molecule has 6 unspecified atom stereocenters. The number of nitrogens with zero attached hydrogens (tertiary/aromatic N) is 13. The van der Waals surface area contributed by atoms with Crippen LogP contribution in [0, 0.1) is 65.1 Å². The van der Waals surface area contributed by atoms with Crippen LogP contribution in [-0.2, 0) is 94.5 Å². The van der Waals surface area contributed by atoms with Gasteiger partial charge in [0.15, 0.2) is 9.84 Å². The number of piperazine rings is 2. The number of hydrogen-bond donors (Lipinski definition) is 0. The van der Waals surface area contributed by atoms with Gasteiger partial charge >= 0.3 is 6.09 Å². The monoisotopic (exact) mass is 2040 g/mol. The molecule has 14 heterocycles. The molecule has 1 aromatic carbocycles. The Morgan fingerprint density at radius 1 is 0.361 bits per heavy atom. The third kappa shape index (κ3) is 39.6. The lowest BCUT2D eigenvalue weighted by molar-refractivity contribution is -0.161. The molecular weight excluding hydrogens is 1850 g/mol. The van der Waals surface area contributed by atoms with Crippen LogP contribution in [0.2, 0.25) is 0 Å². The van der Waals surface area contributed by atoms with Gasteiger partial charge in [-0.15, -0.1) is 0 Å². The van der Waals surface area contributed by atoms with Gasteiger partial charge < -0.3 is 87.2 Å². The highest BCUT2D eigenvalue weighted by molar-refractivity contribution is 7.91. The van der Waals surface area contributed by atoms with Crippen molar-refractivity contribution in [3.8, 4) is 0 Å². The van der Waals surface area contributed by atoms with Gasteiger partial charge in [-0.2, -0.15) is 0 Å². The van der Waals surface area contributed by atoms with E-state index in [1.807, 2.05) is 134 Å². The molecule has 32 heteroatoms. The molecule has 0 N–H and O–H groups in total. The number of fused-ring (bicyclic) bond motifs is 7. The molecule has 31 nitrogen and oxygen atoms in total. The number of methoxy groups -OCH3 is 1. The Hall–Kier alpha value is -7.88. The molecule has 13 saturated heterocycles. The predicted molar refractivity (Wildman–Crippen MR) is 572 cm³/mol. The van der Waals surface area contributed by atoms with Crippen LogP contribution < -0.4 is 0 Å². The summed E-state index contributed by atoms with van der Waals surface area (Å²) in [6, 6.07) is 10.8. The number of carbonyl (C=O) groups excluding carboxylic acids is 9. The van der Waals surface area contributed by atoms with Crippen molar-refractivity contribution in [2.45, 2.75) is 317 Å². The molecular formula is C112H195N13O18S. The molecule has 822 valence electrons. The number of hydrogen-bond acceptors (Lipinski definition) is 22. The van der Waals surface area contributed by atoms with Gasteiger partial charge in [0.05, 0.1) is 120 Å². The Balaban J connectivity index is 0.000000242. The summed E-state index contributed by atoms with van der Waals surface area (Å²) in [5.41, 5.74) is 7.51. The Morgan fingerprint density at radius 3 is 1.19 bits per heavy atom. The zero-order valence-electron chi connectivity index (χ0n) is 93.8. The summed E-state index contributed by atoms with van der Waals surface area (Å²) in [5, 5.41) is 1.94. The van der Waals surface area contributed by atoms with Crippen molar-refractivity contribution in [1.29, 1.82) is 0 Å². The Bertz CT molecular complexity index is 4120. The van der Waals surface area contributed by atoms with Crippen molar-refractivity contribution in [3.63, 3.8) is 0 Å². The van der Waals surface area contributed by atoms with Crippen LogP contribution in [0.4, 0.5) is 4.79 Å². The number of piperidine rings is 1. The Kier molecular flexibility index (Phi) is 54.2. The fraction of sp³-hybridized carbons (Fsp3) is 0.795. The number of hydroxylamine groups is 2. The zero-order valence-corrected chi connectivity index (χ0v) is 94.6. The van der Waals surface area contributed by atoms with Crippen molar-refractivity contribution in [3.05, 3.63) is 84.5 Å².